The predicted octanol–water partition coefficient (Wildman–Crippen LogP) is 5.05. The molecular formula is C11H10F11N. The maximum Gasteiger partial charge on any atom is 0.459 e. The molecule has 0 atom stereocenters. The average Bonchev–Trinajstić information content (AvgIpc) is 2.32. The van der Waals surface area contributed by atoms with Crippen molar-refractivity contribution in [1.29, 1.82) is 0 Å². The van der Waals surface area contributed by atoms with Crippen LogP contribution in [0, 0.1) is 0 Å². The molecule has 1 rings (SSSR count). The Morgan fingerprint density at radius 3 is 1.30 bits per heavy atom. The van der Waals surface area contributed by atoms with Gasteiger partial charge in [0.25, 0.3) is 0 Å². The highest BCUT2D eigenvalue weighted by molar-refractivity contribution is 5.30. The summed E-state index contributed by atoms with van der Waals surface area (Å²) in [7, 11) is 0. The zero-order chi connectivity index (χ0) is 18.3. The molecule has 0 aromatic rings. The number of allylic oxidation sites excluding steroid dienone is 2. The minimum absolute atomic E-state index is 0.0968. The highest BCUT2D eigenvalue weighted by Crippen LogP contribution is 2.50. The van der Waals surface area contributed by atoms with Crippen molar-refractivity contribution in [2.75, 3.05) is 13.1 Å². The van der Waals surface area contributed by atoms with Crippen LogP contribution in [0.5, 0.6) is 0 Å². The summed E-state index contributed by atoms with van der Waals surface area (Å²) in [5.74, 6) is -6.29. The normalized spacial score (nSPS) is 18.1. The fourth-order valence-electron chi connectivity index (χ4n) is 2.19. The van der Waals surface area contributed by atoms with Gasteiger partial charge in [-0.1, -0.05) is 0 Å². The molecule has 1 nitrogen and oxygen atoms in total. The Morgan fingerprint density at radius 2 is 1.00 bits per heavy atom. The minimum Gasteiger partial charge on any atom is -0.369 e. The Kier molecular flexibility index (Phi) is 5.17. The van der Waals surface area contributed by atoms with Crippen LogP contribution in [0.1, 0.15) is 19.3 Å². The number of piperidine rings is 1. The van der Waals surface area contributed by atoms with Gasteiger partial charge in [0.15, 0.2) is 5.57 Å². The maximum atomic E-state index is 13.5. The fraction of sp³-hybridized carbons (Fsp3) is 0.818. The van der Waals surface area contributed by atoms with E-state index in [1.165, 1.54) is 0 Å². The Bertz CT molecular complexity index is 432. The van der Waals surface area contributed by atoms with Gasteiger partial charge in [-0.2, -0.15) is 48.3 Å². The minimum atomic E-state index is -6.60. The molecule has 1 heterocycles. The molecule has 0 unspecified atom stereocenters. The summed E-state index contributed by atoms with van der Waals surface area (Å²) in [5, 5.41) is 0. The predicted molar refractivity (Wildman–Crippen MR) is 55.6 cm³/mol. The summed E-state index contributed by atoms with van der Waals surface area (Å²) >= 11 is 0. The summed E-state index contributed by atoms with van der Waals surface area (Å²) < 4.78 is 140. The molecule has 0 spiro atoms. The van der Waals surface area contributed by atoms with Gasteiger partial charge in [-0.15, -0.1) is 0 Å². The lowest BCUT2D eigenvalue weighted by molar-refractivity contribution is -0.275. The van der Waals surface area contributed by atoms with Crippen LogP contribution in [-0.2, 0) is 0 Å². The average molecular weight is 365 g/mol. The van der Waals surface area contributed by atoms with Crippen molar-refractivity contribution in [3.8, 4) is 0 Å². The summed E-state index contributed by atoms with van der Waals surface area (Å²) in [6.45, 7) is -1.51. The third-order valence-corrected chi connectivity index (χ3v) is 3.13. The first-order valence-corrected chi connectivity index (χ1v) is 6.18. The quantitative estimate of drug-likeness (QED) is 0.619. The van der Waals surface area contributed by atoms with Gasteiger partial charge in [0.1, 0.15) is 5.70 Å². The molecule has 0 bridgehead atoms. The van der Waals surface area contributed by atoms with Crippen molar-refractivity contribution in [1.82, 2.24) is 4.90 Å². The molecule has 1 saturated heterocycles. The standard InChI is InChI=1S/C11H10F11N/c12-8(13,11(20,21)22)7(23-4-2-1-3-5-23)6(9(14,15)16)10(17,18)19/h1-5H2. The lowest BCUT2D eigenvalue weighted by Crippen LogP contribution is -2.50. The lowest BCUT2D eigenvalue weighted by Gasteiger charge is -2.37. The first-order valence-electron chi connectivity index (χ1n) is 6.18. The van der Waals surface area contributed by atoms with Crippen molar-refractivity contribution < 1.29 is 48.3 Å². The van der Waals surface area contributed by atoms with E-state index in [9.17, 15) is 48.3 Å². The first-order chi connectivity index (χ1) is 10.1. The number of rotatable bonds is 2. The van der Waals surface area contributed by atoms with Crippen LogP contribution in [0.2, 0.25) is 0 Å². The molecule has 0 aliphatic carbocycles. The topological polar surface area (TPSA) is 3.24 Å². The van der Waals surface area contributed by atoms with Crippen molar-refractivity contribution in [2.45, 2.75) is 43.7 Å². The number of hydrogen-bond donors (Lipinski definition) is 0. The molecule has 1 aliphatic heterocycles. The van der Waals surface area contributed by atoms with Gasteiger partial charge >= 0.3 is 24.5 Å². The van der Waals surface area contributed by atoms with E-state index in [1.807, 2.05) is 0 Å². The van der Waals surface area contributed by atoms with Crippen molar-refractivity contribution in [3.05, 3.63) is 11.3 Å². The van der Waals surface area contributed by atoms with Crippen LogP contribution in [-0.4, -0.2) is 42.4 Å². The summed E-state index contributed by atoms with van der Waals surface area (Å²) in [6, 6.07) is 0. The highest BCUT2D eigenvalue weighted by Gasteiger charge is 2.67. The van der Waals surface area contributed by atoms with Crippen LogP contribution in [0.15, 0.2) is 11.3 Å². The second-order valence-corrected chi connectivity index (χ2v) is 4.84. The van der Waals surface area contributed by atoms with Gasteiger partial charge in [0, 0.05) is 13.1 Å². The number of hydrogen-bond acceptors (Lipinski definition) is 1. The van der Waals surface area contributed by atoms with Gasteiger partial charge in [-0.3, -0.25) is 0 Å². The van der Waals surface area contributed by atoms with E-state index in [-0.39, 0.29) is 17.7 Å². The van der Waals surface area contributed by atoms with Crippen LogP contribution in [0.3, 0.4) is 0 Å². The molecule has 1 fully saturated rings. The SMILES string of the molecule is FC(F)(F)C(=C(N1CCCCC1)C(F)(F)C(F)(F)F)C(F)(F)F. The van der Waals surface area contributed by atoms with Crippen LogP contribution < -0.4 is 0 Å². The number of nitrogens with zero attached hydrogens (tertiary/aromatic N) is 1. The zero-order valence-corrected chi connectivity index (χ0v) is 11.1. The summed E-state index contributed by atoms with van der Waals surface area (Å²) in [5.41, 5.74) is -6.90. The molecule has 0 aromatic carbocycles. The maximum absolute atomic E-state index is 13.5. The molecule has 0 radical (unpaired) electrons. The molecule has 23 heavy (non-hydrogen) atoms. The number of alkyl halides is 11. The third kappa shape index (κ3) is 4.19. The third-order valence-electron chi connectivity index (χ3n) is 3.13. The van der Waals surface area contributed by atoms with Gasteiger partial charge in [0.05, 0.1) is 0 Å². The number of halogens is 11. The molecule has 0 amide bonds. The first kappa shape index (κ1) is 19.8. The molecule has 1 aliphatic rings. The molecule has 0 N–H and O–H groups in total. The second-order valence-electron chi connectivity index (χ2n) is 4.84. The lowest BCUT2D eigenvalue weighted by atomic mass is 10.0. The van der Waals surface area contributed by atoms with E-state index >= 15 is 0 Å². The Labute approximate surface area is 122 Å². The van der Waals surface area contributed by atoms with Crippen molar-refractivity contribution >= 4 is 0 Å². The Balaban J connectivity index is 3.69. The zero-order valence-electron chi connectivity index (χ0n) is 11.1. The Hall–Kier alpha value is -1.23. The molecule has 0 aromatic heterocycles. The van der Waals surface area contributed by atoms with Gasteiger partial charge in [0.2, 0.25) is 0 Å². The molecule has 136 valence electrons. The van der Waals surface area contributed by atoms with Crippen LogP contribution in [0.4, 0.5) is 48.3 Å². The van der Waals surface area contributed by atoms with E-state index in [4.69, 9.17) is 0 Å². The molecular weight excluding hydrogens is 355 g/mol. The second kappa shape index (κ2) is 6.00. The fourth-order valence-corrected chi connectivity index (χ4v) is 2.19. The van der Waals surface area contributed by atoms with E-state index < -0.39 is 48.8 Å². The monoisotopic (exact) mass is 365 g/mol. The van der Waals surface area contributed by atoms with E-state index in [1.54, 1.807) is 0 Å². The largest absolute Gasteiger partial charge is 0.459 e. The van der Waals surface area contributed by atoms with E-state index in [0.717, 1.165) is 0 Å². The number of likely N-dealkylation sites (tertiary alicyclic amines) is 1. The van der Waals surface area contributed by atoms with Crippen LogP contribution >= 0.6 is 0 Å². The summed E-state index contributed by atoms with van der Waals surface area (Å²) in [4.78, 5) is -0.173. The van der Waals surface area contributed by atoms with Crippen LogP contribution in [0.25, 0.3) is 0 Å². The van der Waals surface area contributed by atoms with Crippen molar-refractivity contribution in [2.24, 2.45) is 0 Å². The smallest absolute Gasteiger partial charge is 0.369 e. The van der Waals surface area contributed by atoms with Gasteiger partial charge < -0.3 is 4.90 Å². The Morgan fingerprint density at radius 1 is 0.609 bits per heavy atom. The van der Waals surface area contributed by atoms with Crippen molar-refractivity contribution in [3.63, 3.8) is 0 Å². The molecule has 12 heteroatoms. The summed E-state index contributed by atoms with van der Waals surface area (Å²) in [6.07, 6.45) is -19.3. The highest BCUT2D eigenvalue weighted by atomic mass is 19.4. The molecule has 0 saturated carbocycles. The van der Waals surface area contributed by atoms with Gasteiger partial charge in [-0.25, -0.2) is 0 Å². The van der Waals surface area contributed by atoms with E-state index in [0.29, 0.717) is 6.42 Å². The van der Waals surface area contributed by atoms with Gasteiger partial charge in [-0.05, 0) is 19.3 Å². The van der Waals surface area contributed by atoms with E-state index in [2.05, 4.69) is 0 Å².